The SMILES string of the molecule is CC1=C2CC=C(c3ccoc3)C2(C)CCC12SCCS2. The Kier molecular flexibility index (Phi) is 2.94. The highest BCUT2D eigenvalue weighted by atomic mass is 32.2. The third kappa shape index (κ3) is 1.66. The summed E-state index contributed by atoms with van der Waals surface area (Å²) in [6.45, 7) is 4.83. The maximum Gasteiger partial charge on any atom is 0.0977 e. The molecule has 1 unspecified atom stereocenters. The molecular formula is C17H20OS2. The molecule has 1 nitrogen and oxygen atoms in total. The number of hydrogen-bond donors (Lipinski definition) is 0. The first-order chi connectivity index (χ1) is 9.66. The molecule has 1 aromatic rings. The quantitative estimate of drug-likeness (QED) is 0.648. The Bertz CT molecular complexity index is 591. The van der Waals surface area contributed by atoms with Crippen LogP contribution in [0.15, 0.2) is 40.2 Å². The van der Waals surface area contributed by atoms with Gasteiger partial charge in [0.15, 0.2) is 0 Å². The molecule has 2 aliphatic carbocycles. The van der Waals surface area contributed by atoms with Crippen LogP contribution in [0, 0.1) is 5.41 Å². The van der Waals surface area contributed by atoms with Gasteiger partial charge in [-0.25, -0.2) is 0 Å². The van der Waals surface area contributed by atoms with Crippen LogP contribution in [0.4, 0.5) is 0 Å². The van der Waals surface area contributed by atoms with Crippen molar-refractivity contribution in [2.45, 2.75) is 37.2 Å². The first kappa shape index (κ1) is 13.1. The van der Waals surface area contributed by atoms with Gasteiger partial charge in [-0.3, -0.25) is 0 Å². The molecule has 0 radical (unpaired) electrons. The fourth-order valence-electron chi connectivity index (χ4n) is 4.17. The average Bonchev–Trinajstić information content (AvgIpc) is 3.15. The Morgan fingerprint density at radius 1 is 1.20 bits per heavy atom. The Labute approximate surface area is 129 Å². The minimum Gasteiger partial charge on any atom is -0.472 e. The van der Waals surface area contributed by atoms with Crippen LogP contribution in [-0.2, 0) is 0 Å². The number of rotatable bonds is 1. The van der Waals surface area contributed by atoms with Gasteiger partial charge in [0, 0.05) is 22.5 Å². The van der Waals surface area contributed by atoms with Crippen molar-refractivity contribution < 1.29 is 4.42 Å². The van der Waals surface area contributed by atoms with E-state index in [2.05, 4.69) is 49.5 Å². The highest BCUT2D eigenvalue weighted by Crippen LogP contribution is 2.64. The van der Waals surface area contributed by atoms with Crippen molar-refractivity contribution in [2.24, 2.45) is 5.41 Å². The van der Waals surface area contributed by atoms with Crippen LogP contribution in [0.1, 0.15) is 38.7 Å². The second-order valence-corrected chi connectivity index (χ2v) is 9.27. The lowest BCUT2D eigenvalue weighted by molar-refractivity contribution is 0.434. The summed E-state index contributed by atoms with van der Waals surface area (Å²) in [6.07, 6.45) is 9.85. The van der Waals surface area contributed by atoms with Crippen LogP contribution in [0.2, 0.25) is 0 Å². The normalized spacial score (nSPS) is 31.8. The summed E-state index contributed by atoms with van der Waals surface area (Å²) in [5, 5.41) is 0. The topological polar surface area (TPSA) is 13.1 Å². The summed E-state index contributed by atoms with van der Waals surface area (Å²) in [4.78, 5) is 0. The van der Waals surface area contributed by atoms with Gasteiger partial charge in [-0.2, -0.15) is 0 Å². The second-order valence-electron chi connectivity index (χ2n) is 6.22. The standard InChI is InChI=1S/C17H20OS2/c1-12-14-3-4-15(13-5-8-18-11-13)16(14,2)6-7-17(12)19-9-10-20-17/h4-5,8,11H,3,6-7,9-10H2,1-2H3. The van der Waals surface area contributed by atoms with E-state index in [0.717, 1.165) is 6.42 Å². The second kappa shape index (κ2) is 4.48. The van der Waals surface area contributed by atoms with Crippen LogP contribution in [0.3, 0.4) is 0 Å². The first-order valence-corrected chi connectivity index (χ1v) is 9.35. The number of allylic oxidation sites excluding steroid dienone is 3. The van der Waals surface area contributed by atoms with Crippen molar-refractivity contribution in [1.29, 1.82) is 0 Å². The number of furan rings is 1. The third-order valence-corrected chi connectivity index (χ3v) is 9.07. The summed E-state index contributed by atoms with van der Waals surface area (Å²) in [5.74, 6) is 2.63. The molecule has 20 heavy (non-hydrogen) atoms. The van der Waals surface area contributed by atoms with Crippen LogP contribution >= 0.6 is 23.5 Å². The van der Waals surface area contributed by atoms with Crippen LogP contribution in [0.5, 0.6) is 0 Å². The molecule has 1 spiro atoms. The molecular weight excluding hydrogens is 284 g/mol. The molecule has 0 N–H and O–H groups in total. The van der Waals surface area contributed by atoms with Crippen molar-refractivity contribution in [2.75, 3.05) is 11.5 Å². The molecule has 3 aliphatic rings. The van der Waals surface area contributed by atoms with E-state index in [1.165, 1.54) is 35.5 Å². The van der Waals surface area contributed by atoms with Crippen molar-refractivity contribution in [3.63, 3.8) is 0 Å². The number of fused-ring (bicyclic) bond motifs is 1. The summed E-state index contributed by atoms with van der Waals surface area (Å²) in [5.41, 5.74) is 6.35. The minimum atomic E-state index is 0.239. The summed E-state index contributed by atoms with van der Waals surface area (Å²) in [6, 6.07) is 2.11. The fraction of sp³-hybridized carbons (Fsp3) is 0.529. The van der Waals surface area contributed by atoms with Crippen molar-refractivity contribution in [1.82, 2.24) is 0 Å². The van der Waals surface area contributed by atoms with E-state index < -0.39 is 0 Å². The van der Waals surface area contributed by atoms with Gasteiger partial charge in [-0.1, -0.05) is 18.6 Å². The van der Waals surface area contributed by atoms with E-state index >= 15 is 0 Å². The molecule has 3 heteroatoms. The van der Waals surface area contributed by atoms with Crippen LogP contribution < -0.4 is 0 Å². The third-order valence-electron chi connectivity index (χ3n) is 5.33. The fourth-order valence-corrected chi connectivity index (χ4v) is 7.50. The monoisotopic (exact) mass is 304 g/mol. The van der Waals surface area contributed by atoms with Gasteiger partial charge < -0.3 is 4.42 Å². The van der Waals surface area contributed by atoms with Gasteiger partial charge in [-0.15, -0.1) is 23.5 Å². The molecule has 1 atom stereocenters. The van der Waals surface area contributed by atoms with E-state index in [-0.39, 0.29) is 5.41 Å². The van der Waals surface area contributed by atoms with Gasteiger partial charge >= 0.3 is 0 Å². The first-order valence-electron chi connectivity index (χ1n) is 7.38. The van der Waals surface area contributed by atoms with E-state index in [9.17, 15) is 0 Å². The molecule has 0 amide bonds. The molecule has 1 fully saturated rings. The molecule has 1 aliphatic heterocycles. The van der Waals surface area contributed by atoms with E-state index in [1.54, 1.807) is 17.4 Å². The largest absolute Gasteiger partial charge is 0.472 e. The molecule has 2 heterocycles. The van der Waals surface area contributed by atoms with Crippen LogP contribution in [-0.4, -0.2) is 15.6 Å². The predicted molar refractivity (Wildman–Crippen MR) is 89.0 cm³/mol. The summed E-state index contributed by atoms with van der Waals surface area (Å²) in [7, 11) is 0. The van der Waals surface area contributed by atoms with Crippen LogP contribution in [0.25, 0.3) is 5.57 Å². The summed E-state index contributed by atoms with van der Waals surface area (Å²) < 4.78 is 5.70. The van der Waals surface area contributed by atoms with Gasteiger partial charge in [0.2, 0.25) is 0 Å². The Hall–Kier alpha value is -0.540. The molecule has 0 aromatic carbocycles. The highest BCUT2D eigenvalue weighted by molar-refractivity contribution is 8.21. The van der Waals surface area contributed by atoms with Crippen molar-refractivity contribution in [3.05, 3.63) is 41.4 Å². The summed E-state index contributed by atoms with van der Waals surface area (Å²) >= 11 is 4.37. The van der Waals surface area contributed by atoms with E-state index in [0.29, 0.717) is 4.08 Å². The number of thioether (sulfide) groups is 2. The molecule has 1 aromatic heterocycles. The minimum absolute atomic E-state index is 0.239. The lowest BCUT2D eigenvalue weighted by Crippen LogP contribution is -2.33. The Balaban J connectivity index is 1.78. The van der Waals surface area contributed by atoms with E-state index in [1.807, 2.05) is 6.26 Å². The number of hydrogen-bond acceptors (Lipinski definition) is 3. The smallest absolute Gasteiger partial charge is 0.0977 e. The Morgan fingerprint density at radius 3 is 2.70 bits per heavy atom. The van der Waals surface area contributed by atoms with Crippen molar-refractivity contribution >= 4 is 29.1 Å². The van der Waals surface area contributed by atoms with Crippen molar-refractivity contribution in [3.8, 4) is 0 Å². The zero-order valence-corrected chi connectivity index (χ0v) is 13.7. The highest BCUT2D eigenvalue weighted by Gasteiger charge is 2.50. The van der Waals surface area contributed by atoms with Gasteiger partial charge in [0.05, 0.1) is 16.6 Å². The molecule has 0 saturated carbocycles. The maximum absolute atomic E-state index is 5.31. The zero-order chi connectivity index (χ0) is 13.8. The Morgan fingerprint density at radius 2 is 2.00 bits per heavy atom. The van der Waals surface area contributed by atoms with E-state index in [4.69, 9.17) is 4.42 Å². The molecule has 0 bridgehead atoms. The predicted octanol–water partition coefficient (Wildman–Crippen LogP) is 5.36. The molecule has 106 valence electrons. The van der Waals surface area contributed by atoms with Gasteiger partial charge in [0.1, 0.15) is 0 Å². The van der Waals surface area contributed by atoms with Gasteiger partial charge in [-0.05, 0) is 43.4 Å². The van der Waals surface area contributed by atoms with Gasteiger partial charge in [0.25, 0.3) is 0 Å². The lowest BCUT2D eigenvalue weighted by Gasteiger charge is -2.43. The zero-order valence-electron chi connectivity index (χ0n) is 12.1. The molecule has 1 saturated heterocycles. The maximum atomic E-state index is 5.31. The average molecular weight is 304 g/mol. The molecule has 4 rings (SSSR count). The lowest BCUT2D eigenvalue weighted by atomic mass is 9.68.